The molecule has 0 saturated carbocycles. The van der Waals surface area contributed by atoms with Crippen molar-refractivity contribution < 1.29 is 29.0 Å². The zero-order valence-corrected chi connectivity index (χ0v) is 15.5. The fraction of sp³-hybridized carbons (Fsp3) is 0.500. The third-order valence-corrected chi connectivity index (χ3v) is 4.87. The number of carboxylic acid groups (broad SMARTS) is 1. The van der Waals surface area contributed by atoms with E-state index < -0.39 is 22.8 Å². The van der Waals surface area contributed by atoms with Crippen LogP contribution in [0.3, 0.4) is 0 Å². The summed E-state index contributed by atoms with van der Waals surface area (Å²) >= 11 is 5.25. The Hall–Kier alpha value is -2.08. The zero-order chi connectivity index (χ0) is 18.9. The summed E-state index contributed by atoms with van der Waals surface area (Å²) in [5, 5.41) is 8.81. The second-order valence-corrected chi connectivity index (χ2v) is 6.90. The number of hydrogen-bond donors (Lipinski definition) is 1. The van der Waals surface area contributed by atoms with Crippen LogP contribution in [-0.2, 0) is 20.8 Å². The van der Waals surface area contributed by atoms with Gasteiger partial charge in [0.15, 0.2) is 0 Å². The van der Waals surface area contributed by atoms with Crippen LogP contribution in [0.4, 0.5) is 0 Å². The Morgan fingerprint density at radius 1 is 1.16 bits per heavy atom. The minimum Gasteiger partial charge on any atom is -0.478 e. The van der Waals surface area contributed by atoms with Gasteiger partial charge >= 0.3 is 11.9 Å². The van der Waals surface area contributed by atoms with E-state index in [0.29, 0.717) is 29.9 Å². The summed E-state index contributed by atoms with van der Waals surface area (Å²) in [6.07, 6.45) is 0.663. The van der Waals surface area contributed by atoms with Crippen molar-refractivity contribution in [2.24, 2.45) is 0 Å². The molecule has 1 aliphatic heterocycles. The molecule has 0 fully saturated rings. The Balaban J connectivity index is 2.38. The monoisotopic (exact) mass is 368 g/mol. The molecule has 0 bridgehead atoms. The van der Waals surface area contributed by atoms with Crippen molar-refractivity contribution in [1.29, 1.82) is 0 Å². The number of rotatable bonds is 5. The molecule has 1 atom stereocenters. The van der Waals surface area contributed by atoms with E-state index in [4.69, 9.17) is 21.1 Å². The van der Waals surface area contributed by atoms with Crippen LogP contribution in [0.1, 0.15) is 48.4 Å². The summed E-state index contributed by atoms with van der Waals surface area (Å²) in [7, 11) is 0. The quantitative estimate of drug-likeness (QED) is 0.487. The lowest BCUT2D eigenvalue weighted by molar-refractivity contribution is -0.155. The third-order valence-electron chi connectivity index (χ3n) is 4.68. The van der Waals surface area contributed by atoms with Crippen molar-refractivity contribution in [1.82, 2.24) is 0 Å². The van der Waals surface area contributed by atoms with E-state index in [-0.39, 0.29) is 12.8 Å². The Labute approximate surface area is 151 Å². The molecular formula is C18H21ClO6. The summed E-state index contributed by atoms with van der Waals surface area (Å²) in [4.78, 5) is 34.2. The van der Waals surface area contributed by atoms with Crippen LogP contribution in [0.25, 0.3) is 0 Å². The molecule has 1 N–H and O–H groups in total. The molecule has 1 heterocycles. The lowest BCUT2D eigenvalue weighted by atomic mass is 9.87. The minimum absolute atomic E-state index is 0.0809. The maximum absolute atomic E-state index is 12.0. The van der Waals surface area contributed by atoms with Crippen molar-refractivity contribution in [3.63, 3.8) is 0 Å². The van der Waals surface area contributed by atoms with Crippen LogP contribution in [0.5, 0.6) is 11.5 Å². The molecule has 1 aliphatic rings. The highest BCUT2D eigenvalue weighted by atomic mass is 35.5. The van der Waals surface area contributed by atoms with Gasteiger partial charge in [-0.05, 0) is 62.4 Å². The van der Waals surface area contributed by atoms with Crippen LogP contribution in [0.2, 0.25) is 0 Å². The predicted molar refractivity (Wildman–Crippen MR) is 91.4 cm³/mol. The van der Waals surface area contributed by atoms with E-state index in [1.54, 1.807) is 20.8 Å². The van der Waals surface area contributed by atoms with Gasteiger partial charge in [0.05, 0.1) is 6.42 Å². The van der Waals surface area contributed by atoms with Gasteiger partial charge in [0.25, 0.3) is 0 Å². The molecule has 0 amide bonds. The van der Waals surface area contributed by atoms with Gasteiger partial charge in [-0.2, -0.15) is 0 Å². The van der Waals surface area contributed by atoms with Crippen LogP contribution in [0, 0.1) is 20.8 Å². The fourth-order valence-corrected chi connectivity index (χ4v) is 3.00. The number of hydrogen-bond acceptors (Lipinski definition) is 5. The number of esters is 1. The molecular weight excluding hydrogens is 348 g/mol. The number of fused-ring (bicyclic) bond motifs is 1. The van der Waals surface area contributed by atoms with Crippen molar-refractivity contribution in [2.45, 2.75) is 59.0 Å². The molecule has 1 aromatic rings. The number of carboxylic acids is 1. The largest absolute Gasteiger partial charge is 0.478 e. The molecule has 7 heteroatoms. The van der Waals surface area contributed by atoms with Crippen molar-refractivity contribution >= 4 is 28.8 Å². The summed E-state index contributed by atoms with van der Waals surface area (Å²) in [6.45, 7) is 6.96. The summed E-state index contributed by atoms with van der Waals surface area (Å²) < 4.78 is 11.3. The van der Waals surface area contributed by atoms with Gasteiger partial charge in [0.2, 0.25) is 10.8 Å². The smallest absolute Gasteiger partial charge is 0.347 e. The lowest BCUT2D eigenvalue weighted by Gasteiger charge is -2.35. The number of ether oxygens (including phenoxy) is 2. The highest BCUT2D eigenvalue weighted by molar-refractivity contribution is 6.63. The molecule has 1 aromatic carbocycles. The first-order valence-corrected chi connectivity index (χ1v) is 8.38. The molecule has 0 aromatic heterocycles. The summed E-state index contributed by atoms with van der Waals surface area (Å²) in [6, 6.07) is 0. The highest BCUT2D eigenvalue weighted by Gasteiger charge is 2.41. The Bertz CT molecular complexity index is 755. The molecule has 6 nitrogen and oxygen atoms in total. The summed E-state index contributed by atoms with van der Waals surface area (Å²) in [5.41, 5.74) is 1.77. The number of carbonyl (C=O) groups excluding carboxylic acids is 2. The first-order chi connectivity index (χ1) is 11.6. The summed E-state index contributed by atoms with van der Waals surface area (Å²) in [5.74, 6) is -0.562. The Kier molecular flexibility index (Phi) is 5.42. The zero-order valence-electron chi connectivity index (χ0n) is 14.7. The first kappa shape index (κ1) is 19.2. The minimum atomic E-state index is -1.27. The number of halogens is 1. The van der Waals surface area contributed by atoms with Crippen molar-refractivity contribution in [3.8, 4) is 11.5 Å². The fourth-order valence-electron chi connectivity index (χ4n) is 2.90. The molecule has 2 rings (SSSR count). The lowest BCUT2D eigenvalue weighted by Crippen LogP contribution is -2.44. The van der Waals surface area contributed by atoms with Gasteiger partial charge < -0.3 is 14.6 Å². The van der Waals surface area contributed by atoms with Gasteiger partial charge in [0.1, 0.15) is 11.5 Å². The maximum atomic E-state index is 12.0. The SMILES string of the molecule is Cc1c(C)c2c(c(C)c1OC(=O)CCC(=O)Cl)CC[C@@](C)(C(=O)O)O2. The average Bonchev–Trinajstić information content (AvgIpc) is 2.54. The van der Waals surface area contributed by atoms with Crippen LogP contribution in [-0.4, -0.2) is 27.9 Å². The van der Waals surface area contributed by atoms with Crippen LogP contribution >= 0.6 is 11.6 Å². The van der Waals surface area contributed by atoms with E-state index >= 15 is 0 Å². The van der Waals surface area contributed by atoms with Crippen molar-refractivity contribution in [3.05, 3.63) is 22.3 Å². The molecule has 25 heavy (non-hydrogen) atoms. The van der Waals surface area contributed by atoms with Gasteiger partial charge in [-0.25, -0.2) is 4.79 Å². The molecule has 0 aliphatic carbocycles. The van der Waals surface area contributed by atoms with Gasteiger partial charge in [-0.15, -0.1) is 0 Å². The number of aliphatic carboxylic acids is 1. The van der Waals surface area contributed by atoms with E-state index in [1.807, 2.05) is 6.92 Å². The Morgan fingerprint density at radius 2 is 1.80 bits per heavy atom. The maximum Gasteiger partial charge on any atom is 0.347 e. The van der Waals surface area contributed by atoms with E-state index in [9.17, 15) is 19.5 Å². The third kappa shape index (κ3) is 3.79. The molecule has 0 spiro atoms. The van der Waals surface area contributed by atoms with Gasteiger partial charge in [-0.3, -0.25) is 9.59 Å². The van der Waals surface area contributed by atoms with Crippen molar-refractivity contribution in [2.75, 3.05) is 0 Å². The van der Waals surface area contributed by atoms with E-state index in [1.165, 1.54) is 0 Å². The van der Waals surface area contributed by atoms with Gasteiger partial charge in [0, 0.05) is 18.4 Å². The molecule has 0 saturated heterocycles. The van der Waals surface area contributed by atoms with Crippen LogP contribution in [0.15, 0.2) is 0 Å². The first-order valence-electron chi connectivity index (χ1n) is 8.01. The topological polar surface area (TPSA) is 89.9 Å². The van der Waals surface area contributed by atoms with E-state index in [2.05, 4.69) is 0 Å². The number of benzene rings is 1. The predicted octanol–water partition coefficient (Wildman–Crippen LogP) is 3.23. The van der Waals surface area contributed by atoms with E-state index in [0.717, 1.165) is 16.7 Å². The molecule has 136 valence electrons. The van der Waals surface area contributed by atoms with Crippen LogP contribution < -0.4 is 9.47 Å². The molecule has 0 unspecified atom stereocenters. The number of carbonyl (C=O) groups is 3. The second kappa shape index (κ2) is 7.04. The highest BCUT2D eigenvalue weighted by Crippen LogP contribution is 2.43. The molecule has 0 radical (unpaired) electrons. The normalized spacial score (nSPS) is 18.9. The standard InChI is InChI=1S/C18H21ClO6/c1-9-10(2)16-12(7-8-18(4,25-16)17(22)23)11(3)15(9)24-14(21)6-5-13(19)20/h5-8H2,1-4H3,(H,22,23)/t18-/m0/s1. The average molecular weight is 369 g/mol. The van der Waals surface area contributed by atoms with Gasteiger partial charge in [-0.1, -0.05) is 0 Å². The second-order valence-electron chi connectivity index (χ2n) is 6.48. The Morgan fingerprint density at radius 3 is 2.36 bits per heavy atom.